The number of halogens is 3. The van der Waals surface area contributed by atoms with Gasteiger partial charge in [-0.1, -0.05) is 31.4 Å². The third-order valence-corrected chi connectivity index (χ3v) is 6.39. The van der Waals surface area contributed by atoms with Crippen molar-refractivity contribution >= 4 is 23.2 Å². The second kappa shape index (κ2) is 8.57. The van der Waals surface area contributed by atoms with Crippen molar-refractivity contribution in [3.63, 3.8) is 0 Å². The molecule has 1 aromatic rings. The molecule has 1 heterocycles. The van der Waals surface area contributed by atoms with Crippen molar-refractivity contribution in [3.8, 4) is 0 Å². The lowest BCUT2D eigenvalue weighted by atomic mass is 9.89. The monoisotopic (exact) mass is 423 g/mol. The fourth-order valence-corrected chi connectivity index (χ4v) is 4.73. The van der Waals surface area contributed by atoms with Crippen LogP contribution in [0.1, 0.15) is 51.4 Å². The molecule has 2 saturated carbocycles. The fourth-order valence-electron chi connectivity index (χ4n) is 4.73. The van der Waals surface area contributed by atoms with Gasteiger partial charge >= 0.3 is 6.18 Å². The number of fused-ring (bicyclic) bond motifs is 1. The van der Waals surface area contributed by atoms with Crippen LogP contribution in [0.15, 0.2) is 24.3 Å². The van der Waals surface area contributed by atoms with Crippen LogP contribution >= 0.6 is 0 Å². The van der Waals surface area contributed by atoms with Crippen LogP contribution in [0.2, 0.25) is 0 Å². The number of alkyl halides is 3. The average Bonchev–Trinajstić information content (AvgIpc) is 3.54. The minimum absolute atomic E-state index is 0.0454. The molecule has 1 atom stereocenters. The number of carbonyl (C=O) groups excluding carboxylic acids is 2. The Hall–Kier alpha value is -2.09. The summed E-state index contributed by atoms with van der Waals surface area (Å²) >= 11 is 0. The molecule has 0 spiro atoms. The first-order valence-electron chi connectivity index (χ1n) is 10.8. The van der Waals surface area contributed by atoms with E-state index in [2.05, 4.69) is 10.2 Å². The van der Waals surface area contributed by atoms with E-state index in [1.54, 1.807) is 12.1 Å². The summed E-state index contributed by atoms with van der Waals surface area (Å²) in [6.45, 7) is 0.718. The van der Waals surface area contributed by atoms with Crippen LogP contribution in [-0.2, 0) is 9.59 Å². The van der Waals surface area contributed by atoms with Crippen molar-refractivity contribution < 1.29 is 22.8 Å². The summed E-state index contributed by atoms with van der Waals surface area (Å²) in [4.78, 5) is 28.3. The molecule has 1 aromatic carbocycles. The predicted molar refractivity (Wildman–Crippen MR) is 108 cm³/mol. The molecule has 1 aliphatic heterocycles. The number of hydrogen-bond donors (Lipinski definition) is 1. The maximum atomic E-state index is 13.9. The SMILES string of the molecule is O=C1CC(C(F)(F)F)N(C(=O)CN(CC2CCCCC2)C2CC2)c2ccccc2N1. The van der Waals surface area contributed by atoms with Gasteiger partial charge in [-0.3, -0.25) is 19.4 Å². The Bertz CT molecular complexity index is 788. The van der Waals surface area contributed by atoms with Gasteiger partial charge in [0.1, 0.15) is 6.04 Å². The van der Waals surface area contributed by atoms with E-state index in [1.807, 2.05) is 0 Å². The Morgan fingerprint density at radius 2 is 1.80 bits per heavy atom. The number of para-hydroxylation sites is 2. The zero-order valence-electron chi connectivity index (χ0n) is 17.0. The van der Waals surface area contributed by atoms with E-state index in [0.717, 1.165) is 37.1 Å². The topological polar surface area (TPSA) is 52.7 Å². The van der Waals surface area contributed by atoms with Crippen molar-refractivity contribution in [2.24, 2.45) is 5.92 Å². The summed E-state index contributed by atoms with van der Waals surface area (Å²) < 4.78 is 41.7. The number of carbonyl (C=O) groups is 2. The molecule has 2 amide bonds. The lowest BCUT2D eigenvalue weighted by Crippen LogP contribution is -2.53. The standard InChI is InChI=1S/C22H28F3N3O2/c23-22(24,25)19-12-20(29)26-17-8-4-5-9-18(17)28(19)21(30)14-27(16-10-11-16)13-15-6-2-1-3-7-15/h4-5,8-9,15-16,19H,1-3,6-7,10-14H2,(H,26,29). The number of anilines is 2. The second-order valence-electron chi connectivity index (χ2n) is 8.76. The smallest absolute Gasteiger partial charge is 0.324 e. The highest BCUT2D eigenvalue weighted by Crippen LogP contribution is 2.38. The van der Waals surface area contributed by atoms with E-state index in [1.165, 1.54) is 31.4 Å². The summed E-state index contributed by atoms with van der Waals surface area (Å²) in [6.07, 6.45) is 2.31. The number of nitrogens with zero attached hydrogens (tertiary/aromatic N) is 2. The first-order valence-corrected chi connectivity index (χ1v) is 10.8. The summed E-state index contributed by atoms with van der Waals surface area (Å²) in [5.41, 5.74) is 0.358. The molecule has 2 aliphatic carbocycles. The molecule has 1 N–H and O–H groups in total. The van der Waals surface area contributed by atoms with Crippen LogP contribution < -0.4 is 10.2 Å². The highest BCUT2D eigenvalue weighted by molar-refractivity contribution is 6.05. The van der Waals surface area contributed by atoms with E-state index < -0.39 is 30.5 Å². The van der Waals surface area contributed by atoms with Crippen LogP contribution in [0.5, 0.6) is 0 Å². The molecule has 0 radical (unpaired) electrons. The normalized spacial score (nSPS) is 23.1. The van der Waals surface area contributed by atoms with E-state index in [9.17, 15) is 22.8 Å². The Balaban J connectivity index is 1.59. The molecule has 8 heteroatoms. The van der Waals surface area contributed by atoms with Crippen LogP contribution in [0.3, 0.4) is 0 Å². The van der Waals surface area contributed by atoms with Crippen LogP contribution in [-0.4, -0.2) is 48.1 Å². The van der Waals surface area contributed by atoms with Crippen LogP contribution in [0.4, 0.5) is 24.5 Å². The van der Waals surface area contributed by atoms with Crippen molar-refractivity contribution in [2.45, 2.75) is 69.6 Å². The third-order valence-electron chi connectivity index (χ3n) is 6.39. The molecular weight excluding hydrogens is 395 g/mol. The summed E-state index contributed by atoms with van der Waals surface area (Å²) in [7, 11) is 0. The fraction of sp³-hybridized carbons (Fsp3) is 0.636. The van der Waals surface area contributed by atoms with Crippen molar-refractivity contribution in [1.82, 2.24) is 4.90 Å². The molecule has 1 unspecified atom stereocenters. The minimum Gasteiger partial charge on any atom is -0.324 e. The molecule has 164 valence electrons. The Labute approximate surface area is 174 Å². The van der Waals surface area contributed by atoms with Crippen LogP contribution in [0.25, 0.3) is 0 Å². The largest absolute Gasteiger partial charge is 0.409 e. The molecule has 3 aliphatic rings. The van der Waals surface area contributed by atoms with Crippen molar-refractivity contribution in [3.05, 3.63) is 24.3 Å². The quantitative estimate of drug-likeness (QED) is 0.767. The van der Waals surface area contributed by atoms with E-state index in [-0.39, 0.29) is 24.0 Å². The van der Waals surface area contributed by atoms with Crippen LogP contribution in [0, 0.1) is 5.92 Å². The zero-order chi connectivity index (χ0) is 21.3. The molecule has 30 heavy (non-hydrogen) atoms. The third kappa shape index (κ3) is 4.79. The molecular formula is C22H28F3N3O2. The Morgan fingerprint density at radius 3 is 2.47 bits per heavy atom. The van der Waals surface area contributed by atoms with Gasteiger partial charge in [0.15, 0.2) is 0 Å². The first-order chi connectivity index (χ1) is 14.3. The van der Waals surface area contributed by atoms with Gasteiger partial charge in [-0.05, 0) is 43.7 Å². The van der Waals surface area contributed by atoms with Gasteiger partial charge in [0.2, 0.25) is 11.8 Å². The number of benzene rings is 1. The number of rotatable bonds is 5. The van der Waals surface area contributed by atoms with Crippen molar-refractivity contribution in [2.75, 3.05) is 23.3 Å². The van der Waals surface area contributed by atoms with Gasteiger partial charge in [0.25, 0.3) is 0 Å². The minimum atomic E-state index is -4.70. The molecule has 0 bridgehead atoms. The van der Waals surface area contributed by atoms with Gasteiger partial charge in [0, 0.05) is 12.6 Å². The van der Waals surface area contributed by atoms with Gasteiger partial charge in [-0.25, -0.2) is 0 Å². The Kier molecular flexibility index (Phi) is 6.04. The van der Waals surface area contributed by atoms with Gasteiger partial charge in [-0.2, -0.15) is 13.2 Å². The summed E-state index contributed by atoms with van der Waals surface area (Å²) in [6, 6.07) is 4.35. The second-order valence-corrected chi connectivity index (χ2v) is 8.76. The van der Waals surface area contributed by atoms with E-state index in [0.29, 0.717) is 5.92 Å². The summed E-state index contributed by atoms with van der Waals surface area (Å²) in [5.74, 6) is -0.824. The molecule has 4 rings (SSSR count). The van der Waals surface area contributed by atoms with E-state index >= 15 is 0 Å². The van der Waals surface area contributed by atoms with Gasteiger partial charge in [0.05, 0.1) is 24.3 Å². The summed E-state index contributed by atoms with van der Waals surface area (Å²) in [5, 5.41) is 2.52. The average molecular weight is 423 g/mol. The van der Waals surface area contributed by atoms with Gasteiger partial charge < -0.3 is 5.32 Å². The highest BCUT2D eigenvalue weighted by atomic mass is 19.4. The maximum absolute atomic E-state index is 13.9. The molecule has 0 aromatic heterocycles. The highest BCUT2D eigenvalue weighted by Gasteiger charge is 2.49. The predicted octanol–water partition coefficient (Wildman–Crippen LogP) is 4.34. The molecule has 2 fully saturated rings. The Morgan fingerprint density at radius 1 is 1.10 bits per heavy atom. The first kappa shape index (κ1) is 21.2. The number of hydrogen-bond acceptors (Lipinski definition) is 3. The van der Waals surface area contributed by atoms with Gasteiger partial charge in [-0.15, -0.1) is 0 Å². The lowest BCUT2D eigenvalue weighted by Gasteiger charge is -2.35. The van der Waals surface area contributed by atoms with Crippen molar-refractivity contribution in [1.29, 1.82) is 0 Å². The number of amides is 2. The zero-order valence-corrected chi connectivity index (χ0v) is 17.0. The lowest BCUT2D eigenvalue weighted by molar-refractivity contribution is -0.158. The molecule has 0 saturated heterocycles. The molecule has 5 nitrogen and oxygen atoms in total. The van der Waals surface area contributed by atoms with E-state index in [4.69, 9.17) is 0 Å². The number of nitrogens with one attached hydrogen (secondary N) is 1. The maximum Gasteiger partial charge on any atom is 0.409 e.